The van der Waals surface area contributed by atoms with Gasteiger partial charge in [0.15, 0.2) is 6.61 Å². The van der Waals surface area contributed by atoms with Crippen molar-refractivity contribution in [2.75, 3.05) is 24.6 Å². The molecule has 1 atom stereocenters. The molecule has 0 aliphatic carbocycles. The smallest absolute Gasteiger partial charge is 0.311 e. The lowest BCUT2D eigenvalue weighted by Gasteiger charge is -2.17. The summed E-state index contributed by atoms with van der Waals surface area (Å²) in [5, 5.41) is 5.70. The van der Waals surface area contributed by atoms with Gasteiger partial charge >= 0.3 is 5.97 Å². The third-order valence-electron chi connectivity index (χ3n) is 5.65. The number of hydrogen-bond donors (Lipinski definition) is 0. The van der Waals surface area contributed by atoms with Crippen LogP contribution < -0.4 is 4.90 Å². The lowest BCUT2D eigenvalue weighted by Crippen LogP contribution is -2.31. The molecule has 0 radical (unpaired) electrons. The molecule has 0 bridgehead atoms. The Hall–Kier alpha value is -3.48. The van der Waals surface area contributed by atoms with E-state index in [4.69, 9.17) is 4.74 Å². The maximum Gasteiger partial charge on any atom is 0.311 e. The molecule has 0 spiro atoms. The standard InChI is InChI=1S/C24H25N3O4/c1-2-17-8-10-20(11-9-17)26-15-19(14-22(26)28)24(30)31-16-23(29)27-13-12-21(25-27)18-6-4-3-5-7-18/h3-11,19H,2,12-16H2,1H3/t19-/m0/s1. The van der Waals surface area contributed by atoms with Gasteiger partial charge in [-0.05, 0) is 29.7 Å². The van der Waals surface area contributed by atoms with E-state index < -0.39 is 11.9 Å². The second-order valence-electron chi connectivity index (χ2n) is 7.71. The minimum absolute atomic E-state index is 0.0859. The molecule has 0 N–H and O–H groups in total. The quantitative estimate of drug-likeness (QED) is 0.675. The highest BCUT2D eigenvalue weighted by molar-refractivity contribution is 6.03. The normalized spacial score (nSPS) is 18.3. The van der Waals surface area contributed by atoms with E-state index in [0.29, 0.717) is 13.0 Å². The zero-order chi connectivity index (χ0) is 21.8. The fraction of sp³-hybridized carbons (Fsp3) is 0.333. The van der Waals surface area contributed by atoms with Crippen molar-refractivity contribution in [3.05, 3.63) is 65.7 Å². The first-order valence-electron chi connectivity index (χ1n) is 10.5. The number of carbonyl (C=O) groups is 3. The van der Waals surface area contributed by atoms with E-state index in [2.05, 4.69) is 12.0 Å². The van der Waals surface area contributed by atoms with Crippen molar-refractivity contribution < 1.29 is 19.1 Å². The molecule has 31 heavy (non-hydrogen) atoms. The van der Waals surface area contributed by atoms with Gasteiger partial charge in [-0.2, -0.15) is 5.10 Å². The van der Waals surface area contributed by atoms with Gasteiger partial charge in [-0.15, -0.1) is 0 Å². The second kappa shape index (κ2) is 9.12. The third kappa shape index (κ3) is 4.66. The van der Waals surface area contributed by atoms with Crippen LogP contribution in [0.3, 0.4) is 0 Å². The summed E-state index contributed by atoms with van der Waals surface area (Å²) < 4.78 is 5.23. The fourth-order valence-electron chi connectivity index (χ4n) is 3.82. The van der Waals surface area contributed by atoms with Gasteiger partial charge in [0.25, 0.3) is 5.91 Å². The lowest BCUT2D eigenvalue weighted by atomic mass is 10.1. The zero-order valence-electron chi connectivity index (χ0n) is 17.5. The van der Waals surface area contributed by atoms with Crippen LogP contribution in [-0.4, -0.2) is 48.2 Å². The summed E-state index contributed by atoms with van der Waals surface area (Å²) in [6, 6.07) is 17.4. The Balaban J connectivity index is 1.30. The predicted octanol–water partition coefficient (Wildman–Crippen LogP) is 2.78. The first kappa shape index (κ1) is 20.8. The molecule has 0 unspecified atom stereocenters. The number of anilines is 1. The van der Waals surface area contributed by atoms with Crippen molar-refractivity contribution in [1.29, 1.82) is 0 Å². The number of esters is 1. The van der Waals surface area contributed by atoms with Crippen LogP contribution in [0.5, 0.6) is 0 Å². The Morgan fingerprint density at radius 3 is 2.55 bits per heavy atom. The van der Waals surface area contributed by atoms with Crippen LogP contribution in [0, 0.1) is 5.92 Å². The van der Waals surface area contributed by atoms with E-state index in [9.17, 15) is 14.4 Å². The average molecular weight is 419 g/mol. The highest BCUT2D eigenvalue weighted by Crippen LogP contribution is 2.26. The molecule has 1 saturated heterocycles. The fourth-order valence-corrected chi connectivity index (χ4v) is 3.82. The van der Waals surface area contributed by atoms with E-state index in [-0.39, 0.29) is 31.4 Å². The highest BCUT2D eigenvalue weighted by Gasteiger charge is 2.36. The monoisotopic (exact) mass is 419 g/mol. The first-order valence-corrected chi connectivity index (χ1v) is 10.5. The molecule has 160 valence electrons. The molecule has 7 nitrogen and oxygen atoms in total. The summed E-state index contributed by atoms with van der Waals surface area (Å²) in [6.45, 7) is 2.42. The highest BCUT2D eigenvalue weighted by atomic mass is 16.5. The van der Waals surface area contributed by atoms with Gasteiger partial charge in [0, 0.05) is 25.1 Å². The van der Waals surface area contributed by atoms with Crippen molar-refractivity contribution in [1.82, 2.24) is 5.01 Å². The molecule has 1 fully saturated rings. The van der Waals surface area contributed by atoms with Crippen LogP contribution in [0.2, 0.25) is 0 Å². The van der Waals surface area contributed by atoms with Gasteiger partial charge in [0.2, 0.25) is 5.91 Å². The molecule has 2 amide bonds. The molecular weight excluding hydrogens is 394 g/mol. The summed E-state index contributed by atoms with van der Waals surface area (Å²) in [6.07, 6.45) is 1.67. The Morgan fingerprint density at radius 1 is 1.10 bits per heavy atom. The van der Waals surface area contributed by atoms with Crippen molar-refractivity contribution in [2.24, 2.45) is 11.0 Å². The summed E-state index contributed by atoms with van der Waals surface area (Å²) in [4.78, 5) is 38.9. The molecular formula is C24H25N3O4. The number of hydrazone groups is 1. The van der Waals surface area contributed by atoms with Crippen molar-refractivity contribution >= 4 is 29.2 Å². The number of ether oxygens (including phenoxy) is 1. The maximum absolute atomic E-state index is 12.5. The van der Waals surface area contributed by atoms with Gasteiger partial charge in [-0.1, -0.05) is 49.4 Å². The van der Waals surface area contributed by atoms with Gasteiger partial charge in [-0.25, -0.2) is 5.01 Å². The maximum atomic E-state index is 12.5. The topological polar surface area (TPSA) is 79.3 Å². The summed E-state index contributed by atoms with van der Waals surface area (Å²) in [7, 11) is 0. The molecule has 0 aromatic heterocycles. The predicted molar refractivity (Wildman–Crippen MR) is 117 cm³/mol. The lowest BCUT2D eigenvalue weighted by molar-refractivity contribution is -0.155. The van der Waals surface area contributed by atoms with Crippen LogP contribution in [0.25, 0.3) is 0 Å². The molecule has 2 heterocycles. The first-order chi connectivity index (χ1) is 15.0. The molecule has 2 aromatic carbocycles. The molecule has 2 aromatic rings. The van der Waals surface area contributed by atoms with Gasteiger partial charge in [0.1, 0.15) is 0 Å². The third-order valence-corrected chi connectivity index (χ3v) is 5.65. The van der Waals surface area contributed by atoms with Crippen LogP contribution in [-0.2, 0) is 25.5 Å². The molecule has 0 saturated carbocycles. The molecule has 7 heteroatoms. The van der Waals surface area contributed by atoms with Crippen LogP contribution in [0.1, 0.15) is 30.9 Å². The largest absolute Gasteiger partial charge is 0.455 e. The zero-order valence-corrected chi connectivity index (χ0v) is 17.5. The van der Waals surface area contributed by atoms with E-state index in [1.165, 1.54) is 10.6 Å². The van der Waals surface area contributed by atoms with E-state index in [1.807, 2.05) is 54.6 Å². The number of nitrogens with zero attached hydrogens (tertiary/aromatic N) is 3. The summed E-state index contributed by atoms with van der Waals surface area (Å²) >= 11 is 0. The summed E-state index contributed by atoms with van der Waals surface area (Å²) in [5.41, 5.74) is 3.77. The average Bonchev–Trinajstić information content (AvgIpc) is 3.45. The van der Waals surface area contributed by atoms with Gasteiger partial charge < -0.3 is 9.64 Å². The van der Waals surface area contributed by atoms with E-state index in [1.54, 1.807) is 4.90 Å². The molecule has 4 rings (SSSR count). The minimum atomic E-state index is -0.576. The number of aryl methyl sites for hydroxylation is 1. The Morgan fingerprint density at radius 2 is 1.84 bits per heavy atom. The number of hydrogen-bond acceptors (Lipinski definition) is 5. The van der Waals surface area contributed by atoms with Crippen LogP contribution in [0.4, 0.5) is 5.69 Å². The van der Waals surface area contributed by atoms with Crippen LogP contribution in [0.15, 0.2) is 59.7 Å². The van der Waals surface area contributed by atoms with E-state index in [0.717, 1.165) is 23.4 Å². The van der Waals surface area contributed by atoms with Crippen molar-refractivity contribution in [3.8, 4) is 0 Å². The summed E-state index contributed by atoms with van der Waals surface area (Å²) in [5.74, 6) is -1.58. The minimum Gasteiger partial charge on any atom is -0.455 e. The number of carbonyl (C=O) groups excluding carboxylic acids is 3. The number of rotatable bonds is 6. The van der Waals surface area contributed by atoms with Gasteiger partial charge in [0.05, 0.1) is 18.2 Å². The Kier molecular flexibility index (Phi) is 6.11. The van der Waals surface area contributed by atoms with Crippen molar-refractivity contribution in [2.45, 2.75) is 26.2 Å². The van der Waals surface area contributed by atoms with Crippen molar-refractivity contribution in [3.63, 3.8) is 0 Å². The van der Waals surface area contributed by atoms with Gasteiger partial charge in [-0.3, -0.25) is 14.4 Å². The Bertz CT molecular complexity index is 1000. The number of benzene rings is 2. The molecule has 2 aliphatic rings. The second-order valence-corrected chi connectivity index (χ2v) is 7.71. The number of amides is 2. The van der Waals surface area contributed by atoms with Crippen LogP contribution >= 0.6 is 0 Å². The molecule has 2 aliphatic heterocycles. The Labute approximate surface area is 181 Å². The SMILES string of the molecule is CCc1ccc(N2C[C@@H](C(=O)OCC(=O)N3CCC(c4ccccc4)=N3)CC2=O)cc1. The van der Waals surface area contributed by atoms with E-state index >= 15 is 0 Å².